The van der Waals surface area contributed by atoms with E-state index in [0.717, 1.165) is 16.7 Å². The Labute approximate surface area is 234 Å². The van der Waals surface area contributed by atoms with Crippen LogP contribution in [0.1, 0.15) is 40.4 Å². The number of H-pyrrole nitrogens is 2. The summed E-state index contributed by atoms with van der Waals surface area (Å²) in [7, 11) is 0. The van der Waals surface area contributed by atoms with Crippen LogP contribution in [0.4, 0.5) is 18.9 Å². The molecule has 2 aliphatic heterocycles. The molecule has 4 heterocycles. The minimum Gasteiger partial charge on any atom is -0.381 e. The van der Waals surface area contributed by atoms with Crippen LogP contribution in [0.25, 0.3) is 22.4 Å². The summed E-state index contributed by atoms with van der Waals surface area (Å²) >= 11 is 0. The molecule has 0 spiro atoms. The van der Waals surface area contributed by atoms with E-state index in [4.69, 9.17) is 0 Å². The standard InChI is InChI=1S/C30H31F3N6O2/c1-17-3-4-21(31)12-19(17)11-18(2)35-23-5-7-34-28(40)26(23)27-36-24-13-20-15-39(29(41)22(20)14-25(24)37-27)10-9-38-8-6-30(32,33)16-38/h3-5,7,12-14,18H,6,8-11,15-16H2,1-2H3,(H,36,37)(H2,34,35,40). The number of fused-ring (bicyclic) bond motifs is 2. The summed E-state index contributed by atoms with van der Waals surface area (Å²) in [6, 6.07) is 9.94. The zero-order chi connectivity index (χ0) is 28.9. The minimum absolute atomic E-state index is 0.111. The Bertz CT molecular complexity index is 1700. The maximum atomic E-state index is 13.8. The van der Waals surface area contributed by atoms with Crippen molar-refractivity contribution >= 4 is 22.6 Å². The normalized spacial score (nSPS) is 17.4. The first kappa shape index (κ1) is 27.1. The Kier molecular flexibility index (Phi) is 6.85. The van der Waals surface area contributed by atoms with Crippen LogP contribution in [0.5, 0.6) is 0 Å². The van der Waals surface area contributed by atoms with Crippen LogP contribution in [-0.4, -0.2) is 68.8 Å². The van der Waals surface area contributed by atoms with Crippen molar-refractivity contribution in [3.05, 3.63) is 81.0 Å². The number of nitrogens with zero attached hydrogens (tertiary/aromatic N) is 3. The van der Waals surface area contributed by atoms with Gasteiger partial charge >= 0.3 is 0 Å². The van der Waals surface area contributed by atoms with Crippen LogP contribution in [0.15, 0.2) is 47.4 Å². The first-order valence-electron chi connectivity index (χ1n) is 13.7. The molecule has 11 heteroatoms. The molecule has 41 heavy (non-hydrogen) atoms. The lowest BCUT2D eigenvalue weighted by Gasteiger charge is -2.21. The number of hydrogen-bond donors (Lipinski definition) is 3. The molecule has 2 aromatic carbocycles. The highest BCUT2D eigenvalue weighted by Crippen LogP contribution is 2.31. The molecule has 0 radical (unpaired) electrons. The lowest BCUT2D eigenvalue weighted by atomic mass is 10.0. The van der Waals surface area contributed by atoms with Crippen LogP contribution in [0.2, 0.25) is 0 Å². The van der Waals surface area contributed by atoms with Gasteiger partial charge in [0.15, 0.2) is 0 Å². The number of nitrogens with one attached hydrogen (secondary N) is 3. The van der Waals surface area contributed by atoms with E-state index >= 15 is 0 Å². The molecule has 6 rings (SSSR count). The number of likely N-dealkylation sites (tertiary alicyclic amines) is 1. The fraction of sp³-hybridized carbons (Fsp3) is 0.367. The lowest BCUT2D eigenvalue weighted by molar-refractivity contribution is 0.0116. The van der Waals surface area contributed by atoms with Crippen molar-refractivity contribution in [1.82, 2.24) is 24.8 Å². The second-order valence-electron chi connectivity index (χ2n) is 11.1. The summed E-state index contributed by atoms with van der Waals surface area (Å²) in [6.45, 7) is 5.12. The highest BCUT2D eigenvalue weighted by atomic mass is 19.3. The molecule has 2 aromatic heterocycles. The summed E-state index contributed by atoms with van der Waals surface area (Å²) in [4.78, 5) is 40.0. The predicted molar refractivity (Wildman–Crippen MR) is 151 cm³/mol. The third kappa shape index (κ3) is 5.46. The van der Waals surface area contributed by atoms with E-state index in [0.29, 0.717) is 66.3 Å². The number of carbonyl (C=O) groups excluding carboxylic acids is 1. The first-order chi connectivity index (χ1) is 19.6. The Morgan fingerprint density at radius 2 is 1.98 bits per heavy atom. The monoisotopic (exact) mass is 564 g/mol. The fourth-order valence-electron chi connectivity index (χ4n) is 5.78. The van der Waals surface area contributed by atoms with Gasteiger partial charge in [-0.2, -0.15) is 0 Å². The summed E-state index contributed by atoms with van der Waals surface area (Å²) < 4.78 is 40.8. The molecule has 0 saturated carbocycles. The van der Waals surface area contributed by atoms with Crippen molar-refractivity contribution in [2.24, 2.45) is 0 Å². The van der Waals surface area contributed by atoms with Crippen molar-refractivity contribution in [2.45, 2.75) is 45.2 Å². The average Bonchev–Trinajstić information content (AvgIpc) is 3.57. The van der Waals surface area contributed by atoms with Crippen molar-refractivity contribution in [3.63, 3.8) is 0 Å². The van der Waals surface area contributed by atoms with E-state index < -0.39 is 5.92 Å². The number of benzene rings is 2. The van der Waals surface area contributed by atoms with E-state index in [1.165, 1.54) is 12.1 Å². The van der Waals surface area contributed by atoms with E-state index in [9.17, 15) is 22.8 Å². The zero-order valence-corrected chi connectivity index (χ0v) is 22.9. The minimum atomic E-state index is -2.66. The topological polar surface area (TPSA) is 97.1 Å². The maximum Gasteiger partial charge on any atom is 0.261 e. The number of pyridine rings is 1. The SMILES string of the molecule is Cc1ccc(F)cc1CC(C)Nc1cc[nH]c(=O)c1-c1nc2cc3c(cc2[nH]1)CN(CCN1CCC(F)(F)C1)C3=O. The zero-order valence-electron chi connectivity index (χ0n) is 22.9. The number of halogens is 3. The Balaban J connectivity index is 1.21. The van der Waals surface area contributed by atoms with Crippen molar-refractivity contribution < 1.29 is 18.0 Å². The molecule has 0 bridgehead atoms. The number of aromatic nitrogens is 3. The Hall–Kier alpha value is -4.12. The molecule has 0 aliphatic carbocycles. The fourth-order valence-corrected chi connectivity index (χ4v) is 5.78. The van der Waals surface area contributed by atoms with Gasteiger partial charge in [-0.15, -0.1) is 0 Å². The van der Waals surface area contributed by atoms with E-state index in [-0.39, 0.29) is 36.3 Å². The van der Waals surface area contributed by atoms with Gasteiger partial charge in [-0.05, 0) is 67.3 Å². The van der Waals surface area contributed by atoms with Crippen LogP contribution in [-0.2, 0) is 13.0 Å². The Morgan fingerprint density at radius 3 is 2.76 bits per heavy atom. The summed E-state index contributed by atoms with van der Waals surface area (Å²) in [5.74, 6) is -2.74. The summed E-state index contributed by atoms with van der Waals surface area (Å²) in [6.07, 6.45) is 1.97. The van der Waals surface area contributed by atoms with E-state index in [1.54, 1.807) is 34.2 Å². The van der Waals surface area contributed by atoms with Crippen molar-refractivity contribution in [3.8, 4) is 11.4 Å². The molecule has 1 atom stereocenters. The highest BCUT2D eigenvalue weighted by Gasteiger charge is 2.38. The van der Waals surface area contributed by atoms with Gasteiger partial charge < -0.3 is 20.2 Å². The first-order valence-corrected chi connectivity index (χ1v) is 13.7. The molecule has 1 unspecified atom stereocenters. The molecule has 8 nitrogen and oxygen atoms in total. The number of aryl methyl sites for hydroxylation is 1. The quantitative estimate of drug-likeness (QED) is 0.288. The van der Waals surface area contributed by atoms with Crippen LogP contribution >= 0.6 is 0 Å². The summed E-state index contributed by atoms with van der Waals surface area (Å²) in [5.41, 5.74) is 5.04. The lowest BCUT2D eigenvalue weighted by Crippen LogP contribution is -2.35. The second-order valence-corrected chi connectivity index (χ2v) is 11.1. The molecule has 214 valence electrons. The number of rotatable bonds is 8. The van der Waals surface area contributed by atoms with Crippen LogP contribution in [0, 0.1) is 12.7 Å². The number of carbonyl (C=O) groups is 1. The van der Waals surface area contributed by atoms with E-state index in [1.807, 2.05) is 19.9 Å². The number of imidazole rings is 1. The van der Waals surface area contributed by atoms with Crippen molar-refractivity contribution in [1.29, 1.82) is 0 Å². The van der Waals surface area contributed by atoms with Gasteiger partial charge in [0.1, 0.15) is 17.2 Å². The molecule has 1 saturated heterocycles. The van der Waals surface area contributed by atoms with Gasteiger partial charge in [-0.25, -0.2) is 18.2 Å². The van der Waals surface area contributed by atoms with Crippen LogP contribution in [0.3, 0.4) is 0 Å². The number of alkyl halides is 2. The van der Waals surface area contributed by atoms with Gasteiger partial charge in [0.05, 0.1) is 23.3 Å². The molecule has 2 aliphatic rings. The largest absolute Gasteiger partial charge is 0.381 e. The Morgan fingerprint density at radius 1 is 1.15 bits per heavy atom. The molecular formula is C30H31F3N6O2. The molecular weight excluding hydrogens is 533 g/mol. The number of hydrogen-bond acceptors (Lipinski definition) is 5. The molecule has 1 fully saturated rings. The average molecular weight is 565 g/mol. The third-order valence-corrected chi connectivity index (χ3v) is 7.96. The maximum absolute atomic E-state index is 13.8. The van der Waals surface area contributed by atoms with Gasteiger partial charge in [-0.3, -0.25) is 14.5 Å². The van der Waals surface area contributed by atoms with Crippen molar-refractivity contribution in [2.75, 3.05) is 31.5 Å². The van der Waals surface area contributed by atoms with Crippen LogP contribution < -0.4 is 10.9 Å². The number of anilines is 1. The molecule has 1 amide bonds. The highest BCUT2D eigenvalue weighted by molar-refractivity contribution is 6.02. The van der Waals surface area contributed by atoms with E-state index in [2.05, 4.69) is 20.3 Å². The summed E-state index contributed by atoms with van der Waals surface area (Å²) in [5, 5.41) is 3.38. The third-order valence-electron chi connectivity index (χ3n) is 7.96. The molecule has 3 N–H and O–H groups in total. The van der Waals surface area contributed by atoms with Gasteiger partial charge in [0.2, 0.25) is 0 Å². The van der Waals surface area contributed by atoms with Gasteiger partial charge in [-0.1, -0.05) is 6.07 Å². The smallest absolute Gasteiger partial charge is 0.261 e. The second kappa shape index (κ2) is 10.4. The predicted octanol–water partition coefficient (Wildman–Crippen LogP) is 4.71. The number of aromatic amines is 2. The van der Waals surface area contributed by atoms with Gasteiger partial charge in [0, 0.05) is 50.4 Å². The number of amides is 1. The molecule has 4 aromatic rings. The van der Waals surface area contributed by atoms with Gasteiger partial charge in [0.25, 0.3) is 17.4 Å².